The van der Waals surface area contributed by atoms with Crippen molar-refractivity contribution in [2.24, 2.45) is 5.73 Å². The van der Waals surface area contributed by atoms with Crippen molar-refractivity contribution in [3.05, 3.63) is 23.8 Å². The molecule has 0 radical (unpaired) electrons. The highest BCUT2D eigenvalue weighted by molar-refractivity contribution is 5.91. The van der Waals surface area contributed by atoms with Crippen LogP contribution in [0.3, 0.4) is 0 Å². The molecule has 0 spiro atoms. The molecule has 0 unspecified atom stereocenters. The summed E-state index contributed by atoms with van der Waals surface area (Å²) in [6, 6.07) is 5.73. The monoisotopic (exact) mass is 248 g/mol. The highest BCUT2D eigenvalue weighted by Crippen LogP contribution is 2.50. The van der Waals surface area contributed by atoms with Gasteiger partial charge in [-0.15, -0.1) is 0 Å². The molecule has 96 valence electrons. The summed E-state index contributed by atoms with van der Waals surface area (Å²) in [6.45, 7) is 1.24. The Kier molecular flexibility index (Phi) is 2.63. The first-order valence-corrected chi connectivity index (χ1v) is 6.15. The molecule has 0 bridgehead atoms. The van der Waals surface area contributed by atoms with Crippen LogP contribution in [0, 0.1) is 0 Å². The van der Waals surface area contributed by atoms with E-state index >= 15 is 0 Å². The molecule has 1 aliphatic heterocycles. The molecule has 5 nitrogen and oxygen atoms in total. The Bertz CT molecular complexity index is 483. The van der Waals surface area contributed by atoms with Crippen molar-refractivity contribution >= 4 is 5.91 Å². The van der Waals surface area contributed by atoms with E-state index in [0.717, 1.165) is 29.9 Å². The van der Waals surface area contributed by atoms with Gasteiger partial charge in [0, 0.05) is 13.1 Å². The number of fused-ring (bicyclic) bond motifs is 1. The number of rotatable bonds is 4. The summed E-state index contributed by atoms with van der Waals surface area (Å²) < 4.78 is 10.6. The molecule has 1 heterocycles. The molecule has 0 atom stereocenters. The van der Waals surface area contributed by atoms with Crippen molar-refractivity contribution in [3.8, 4) is 11.5 Å². The Morgan fingerprint density at radius 2 is 2.11 bits per heavy atom. The number of carbonyl (C=O) groups is 1. The van der Waals surface area contributed by atoms with Gasteiger partial charge in [0.05, 0.1) is 5.41 Å². The third-order valence-electron chi connectivity index (χ3n) is 3.54. The SMILES string of the molecule is NCCNC(=O)C1(c2ccc3c(c2)OCO3)CC1. The van der Waals surface area contributed by atoms with Gasteiger partial charge < -0.3 is 20.5 Å². The topological polar surface area (TPSA) is 73.6 Å². The van der Waals surface area contributed by atoms with Gasteiger partial charge in [-0.05, 0) is 30.5 Å². The fraction of sp³-hybridized carbons (Fsp3) is 0.462. The molecule has 1 aromatic carbocycles. The predicted molar refractivity (Wildman–Crippen MR) is 65.5 cm³/mol. The van der Waals surface area contributed by atoms with Crippen LogP contribution in [0.2, 0.25) is 0 Å². The zero-order valence-electron chi connectivity index (χ0n) is 10.1. The normalized spacial score (nSPS) is 18.5. The van der Waals surface area contributed by atoms with Gasteiger partial charge in [-0.3, -0.25) is 4.79 Å². The van der Waals surface area contributed by atoms with E-state index in [9.17, 15) is 4.79 Å². The van der Waals surface area contributed by atoms with Crippen LogP contribution in [0.1, 0.15) is 18.4 Å². The Morgan fingerprint density at radius 3 is 2.83 bits per heavy atom. The quantitative estimate of drug-likeness (QED) is 0.814. The summed E-state index contributed by atoms with van der Waals surface area (Å²) in [5.74, 6) is 1.54. The fourth-order valence-corrected chi connectivity index (χ4v) is 2.32. The second-order valence-electron chi connectivity index (χ2n) is 4.69. The molecule has 2 aliphatic rings. The lowest BCUT2D eigenvalue weighted by molar-refractivity contribution is -0.123. The van der Waals surface area contributed by atoms with Crippen LogP contribution < -0.4 is 20.5 Å². The lowest BCUT2D eigenvalue weighted by Gasteiger charge is -2.15. The summed E-state index contributed by atoms with van der Waals surface area (Å²) in [4.78, 5) is 12.1. The van der Waals surface area contributed by atoms with Crippen LogP contribution in [0.25, 0.3) is 0 Å². The van der Waals surface area contributed by atoms with Crippen molar-refractivity contribution < 1.29 is 14.3 Å². The zero-order chi connectivity index (χ0) is 12.6. The smallest absolute Gasteiger partial charge is 0.231 e. The van der Waals surface area contributed by atoms with E-state index in [1.807, 2.05) is 18.2 Å². The number of carbonyl (C=O) groups excluding carboxylic acids is 1. The third kappa shape index (κ3) is 1.71. The Balaban J connectivity index is 1.83. The van der Waals surface area contributed by atoms with Crippen molar-refractivity contribution in [2.45, 2.75) is 18.3 Å². The van der Waals surface area contributed by atoms with E-state index in [0.29, 0.717) is 13.1 Å². The highest BCUT2D eigenvalue weighted by atomic mass is 16.7. The van der Waals surface area contributed by atoms with Crippen molar-refractivity contribution in [1.29, 1.82) is 0 Å². The fourth-order valence-electron chi connectivity index (χ4n) is 2.32. The van der Waals surface area contributed by atoms with Crippen molar-refractivity contribution in [1.82, 2.24) is 5.32 Å². The van der Waals surface area contributed by atoms with Gasteiger partial charge in [-0.2, -0.15) is 0 Å². The van der Waals surface area contributed by atoms with Crippen LogP contribution in [0.4, 0.5) is 0 Å². The number of nitrogens with one attached hydrogen (secondary N) is 1. The minimum Gasteiger partial charge on any atom is -0.454 e. The largest absolute Gasteiger partial charge is 0.454 e. The number of benzene rings is 1. The number of amides is 1. The maximum absolute atomic E-state index is 12.1. The number of hydrogen-bond donors (Lipinski definition) is 2. The van der Waals surface area contributed by atoms with E-state index in [1.165, 1.54) is 0 Å². The summed E-state index contributed by atoms with van der Waals surface area (Å²) in [5.41, 5.74) is 6.02. The van der Waals surface area contributed by atoms with Gasteiger partial charge in [0.15, 0.2) is 11.5 Å². The lowest BCUT2D eigenvalue weighted by atomic mass is 9.94. The molecule has 18 heavy (non-hydrogen) atoms. The number of hydrogen-bond acceptors (Lipinski definition) is 4. The first-order valence-electron chi connectivity index (χ1n) is 6.15. The van der Waals surface area contributed by atoms with E-state index in [1.54, 1.807) is 0 Å². The minimum atomic E-state index is -0.379. The molecule has 3 N–H and O–H groups in total. The van der Waals surface area contributed by atoms with Gasteiger partial charge >= 0.3 is 0 Å². The second kappa shape index (κ2) is 4.17. The van der Waals surface area contributed by atoms with Crippen molar-refractivity contribution in [2.75, 3.05) is 19.9 Å². The van der Waals surface area contributed by atoms with Gasteiger partial charge in [0.1, 0.15) is 0 Å². The zero-order valence-corrected chi connectivity index (χ0v) is 10.1. The molecular formula is C13H16N2O3. The average molecular weight is 248 g/mol. The standard InChI is InChI=1S/C13H16N2O3/c14-5-6-15-12(16)13(3-4-13)9-1-2-10-11(7-9)18-8-17-10/h1-2,7H,3-6,8,14H2,(H,15,16). The first kappa shape index (κ1) is 11.3. The van der Waals surface area contributed by atoms with E-state index in [4.69, 9.17) is 15.2 Å². The van der Waals surface area contributed by atoms with Gasteiger partial charge in [0.25, 0.3) is 0 Å². The highest BCUT2D eigenvalue weighted by Gasteiger charge is 2.51. The molecule has 0 aromatic heterocycles. The molecule has 1 amide bonds. The molecule has 1 aromatic rings. The molecule has 1 fully saturated rings. The van der Waals surface area contributed by atoms with Crippen LogP contribution >= 0.6 is 0 Å². The van der Waals surface area contributed by atoms with Crippen LogP contribution in [0.15, 0.2) is 18.2 Å². The molecule has 3 rings (SSSR count). The molecule has 0 saturated heterocycles. The Labute approximate surface area is 105 Å². The van der Waals surface area contributed by atoms with Gasteiger partial charge in [-0.25, -0.2) is 0 Å². The molecule has 1 saturated carbocycles. The lowest BCUT2D eigenvalue weighted by Crippen LogP contribution is -2.37. The number of ether oxygens (including phenoxy) is 2. The molecular weight excluding hydrogens is 232 g/mol. The first-order chi connectivity index (χ1) is 8.76. The Hall–Kier alpha value is -1.75. The molecule has 1 aliphatic carbocycles. The Morgan fingerprint density at radius 1 is 1.33 bits per heavy atom. The maximum Gasteiger partial charge on any atom is 0.231 e. The van der Waals surface area contributed by atoms with Crippen LogP contribution in [-0.2, 0) is 10.2 Å². The summed E-state index contributed by atoms with van der Waals surface area (Å²) >= 11 is 0. The minimum absolute atomic E-state index is 0.0619. The van der Waals surface area contributed by atoms with E-state index < -0.39 is 0 Å². The van der Waals surface area contributed by atoms with Crippen molar-refractivity contribution in [3.63, 3.8) is 0 Å². The summed E-state index contributed by atoms with van der Waals surface area (Å²) in [7, 11) is 0. The van der Waals surface area contributed by atoms with Gasteiger partial charge in [-0.1, -0.05) is 6.07 Å². The second-order valence-corrected chi connectivity index (χ2v) is 4.69. The average Bonchev–Trinajstić information content (AvgIpc) is 3.07. The van der Waals surface area contributed by atoms with Crippen LogP contribution in [0.5, 0.6) is 11.5 Å². The maximum atomic E-state index is 12.1. The predicted octanol–water partition coefficient (Wildman–Crippen LogP) is 0.522. The summed E-state index contributed by atoms with van der Waals surface area (Å²) in [5, 5.41) is 2.87. The van der Waals surface area contributed by atoms with E-state index in [2.05, 4.69) is 5.32 Å². The van der Waals surface area contributed by atoms with E-state index in [-0.39, 0.29) is 18.1 Å². The molecule has 5 heteroatoms. The summed E-state index contributed by atoms with van der Waals surface area (Å²) in [6.07, 6.45) is 1.76. The van der Waals surface area contributed by atoms with Crippen LogP contribution in [-0.4, -0.2) is 25.8 Å². The van der Waals surface area contributed by atoms with Gasteiger partial charge in [0.2, 0.25) is 12.7 Å². The number of nitrogens with two attached hydrogens (primary N) is 1. The third-order valence-corrected chi connectivity index (χ3v) is 3.54.